The zero-order valence-electron chi connectivity index (χ0n) is 13.6. The van der Waals surface area contributed by atoms with Crippen molar-refractivity contribution in [3.8, 4) is 0 Å². The zero-order valence-corrected chi connectivity index (χ0v) is 14.4. The van der Waals surface area contributed by atoms with Gasteiger partial charge in [0.05, 0.1) is 22.7 Å². The summed E-state index contributed by atoms with van der Waals surface area (Å²) in [4.78, 5) is 25.6. The highest BCUT2D eigenvalue weighted by Gasteiger charge is 2.41. The molecule has 136 valence electrons. The van der Waals surface area contributed by atoms with Gasteiger partial charge in [-0.05, 0) is 42.8 Å². The summed E-state index contributed by atoms with van der Waals surface area (Å²) in [6.45, 7) is 1.88. The lowest BCUT2D eigenvalue weighted by atomic mass is 10.1. The number of aryl methyl sites for hydroxylation is 1. The van der Waals surface area contributed by atoms with Crippen LogP contribution in [0.2, 0.25) is 5.02 Å². The Kier molecular flexibility index (Phi) is 4.66. The molecule has 1 aliphatic heterocycles. The van der Waals surface area contributed by atoms with E-state index in [1.807, 2.05) is 13.0 Å². The van der Waals surface area contributed by atoms with E-state index in [4.69, 9.17) is 11.6 Å². The second kappa shape index (κ2) is 6.64. The van der Waals surface area contributed by atoms with Crippen LogP contribution in [0.3, 0.4) is 0 Å². The van der Waals surface area contributed by atoms with Crippen molar-refractivity contribution in [3.63, 3.8) is 0 Å². The molecule has 0 aromatic heterocycles. The van der Waals surface area contributed by atoms with E-state index < -0.39 is 29.6 Å². The third-order valence-electron chi connectivity index (χ3n) is 4.02. The Hall–Kier alpha value is -2.54. The lowest BCUT2D eigenvalue weighted by molar-refractivity contribution is -0.137. The Morgan fingerprint density at radius 3 is 2.54 bits per heavy atom. The normalized spacial score (nSPS) is 17.7. The molecular formula is C18H14ClF3N2O2. The van der Waals surface area contributed by atoms with E-state index in [0.29, 0.717) is 16.7 Å². The number of amides is 2. The van der Waals surface area contributed by atoms with Gasteiger partial charge in [-0.1, -0.05) is 23.7 Å². The maximum Gasteiger partial charge on any atom is 0.416 e. The molecule has 3 rings (SSSR count). The van der Waals surface area contributed by atoms with Crippen LogP contribution in [-0.2, 0) is 15.8 Å². The quantitative estimate of drug-likeness (QED) is 0.800. The molecule has 0 saturated carbocycles. The minimum absolute atomic E-state index is 0.101. The van der Waals surface area contributed by atoms with Crippen molar-refractivity contribution in [2.24, 2.45) is 0 Å². The van der Waals surface area contributed by atoms with Crippen LogP contribution in [0.1, 0.15) is 17.5 Å². The van der Waals surface area contributed by atoms with Crippen molar-refractivity contribution in [2.75, 3.05) is 10.2 Å². The standard InChI is InChI=1S/C18H14ClF3N2O2/c1-10-3-2-4-12(7-10)23-14-9-16(25)24(17(14)26)15-8-11(18(20,21)22)5-6-13(15)19/h2-8,14,23H,9H2,1H3/t14-/m1/s1. The van der Waals surface area contributed by atoms with Gasteiger partial charge in [-0.25, -0.2) is 4.90 Å². The van der Waals surface area contributed by atoms with E-state index >= 15 is 0 Å². The van der Waals surface area contributed by atoms with Gasteiger partial charge in [0.2, 0.25) is 5.91 Å². The maximum atomic E-state index is 12.9. The second-order valence-electron chi connectivity index (χ2n) is 6.00. The number of nitrogens with one attached hydrogen (secondary N) is 1. The van der Waals surface area contributed by atoms with Crippen molar-refractivity contribution >= 4 is 34.8 Å². The summed E-state index contributed by atoms with van der Waals surface area (Å²) in [6.07, 6.45) is -4.77. The molecule has 0 unspecified atom stereocenters. The summed E-state index contributed by atoms with van der Waals surface area (Å²) in [6, 6.07) is 8.90. The summed E-state index contributed by atoms with van der Waals surface area (Å²) in [7, 11) is 0. The summed E-state index contributed by atoms with van der Waals surface area (Å²) >= 11 is 5.95. The molecule has 1 saturated heterocycles. The van der Waals surface area contributed by atoms with E-state index in [2.05, 4.69) is 5.32 Å². The maximum absolute atomic E-state index is 12.9. The minimum Gasteiger partial charge on any atom is -0.373 e. The Morgan fingerprint density at radius 2 is 1.88 bits per heavy atom. The number of rotatable bonds is 3. The summed E-state index contributed by atoms with van der Waals surface area (Å²) < 4.78 is 38.8. The average molecular weight is 383 g/mol. The number of alkyl halides is 3. The van der Waals surface area contributed by atoms with Crippen LogP contribution >= 0.6 is 11.6 Å². The monoisotopic (exact) mass is 382 g/mol. The molecule has 2 amide bonds. The van der Waals surface area contributed by atoms with E-state index in [-0.39, 0.29) is 17.1 Å². The highest BCUT2D eigenvalue weighted by atomic mass is 35.5. The number of carbonyl (C=O) groups is 2. The number of imide groups is 1. The average Bonchev–Trinajstić information content (AvgIpc) is 2.81. The summed E-state index contributed by atoms with van der Waals surface area (Å²) in [5.41, 5.74) is 0.371. The van der Waals surface area contributed by atoms with Crippen LogP contribution in [0, 0.1) is 6.92 Å². The molecule has 1 fully saturated rings. The Labute approximate surface area is 152 Å². The minimum atomic E-state index is -4.61. The SMILES string of the molecule is Cc1cccc(N[C@@H]2CC(=O)N(c3cc(C(F)(F)F)ccc3Cl)C2=O)c1. The predicted octanol–water partition coefficient (Wildman–Crippen LogP) is 4.41. The van der Waals surface area contributed by atoms with Gasteiger partial charge in [-0.15, -0.1) is 0 Å². The number of halogens is 4. The smallest absolute Gasteiger partial charge is 0.373 e. The number of carbonyl (C=O) groups excluding carboxylic acids is 2. The number of benzene rings is 2. The second-order valence-corrected chi connectivity index (χ2v) is 6.41. The molecule has 1 aliphatic rings. The first-order chi connectivity index (χ1) is 12.2. The molecular weight excluding hydrogens is 369 g/mol. The largest absolute Gasteiger partial charge is 0.416 e. The Bertz CT molecular complexity index is 883. The van der Waals surface area contributed by atoms with E-state index in [1.165, 1.54) is 0 Å². The van der Waals surface area contributed by atoms with Crippen LogP contribution in [0.5, 0.6) is 0 Å². The summed E-state index contributed by atoms with van der Waals surface area (Å²) in [5, 5.41) is 2.85. The fourth-order valence-corrected chi connectivity index (χ4v) is 3.00. The van der Waals surface area contributed by atoms with Crippen LogP contribution in [0.4, 0.5) is 24.5 Å². The molecule has 2 aromatic carbocycles. The van der Waals surface area contributed by atoms with Crippen molar-refractivity contribution in [2.45, 2.75) is 25.6 Å². The van der Waals surface area contributed by atoms with Crippen LogP contribution < -0.4 is 10.2 Å². The Morgan fingerprint density at radius 1 is 1.15 bits per heavy atom. The van der Waals surface area contributed by atoms with Crippen molar-refractivity contribution < 1.29 is 22.8 Å². The molecule has 0 spiro atoms. The van der Waals surface area contributed by atoms with Crippen molar-refractivity contribution in [1.82, 2.24) is 0 Å². The van der Waals surface area contributed by atoms with Crippen LogP contribution in [0.25, 0.3) is 0 Å². The first-order valence-electron chi connectivity index (χ1n) is 7.73. The number of nitrogens with zero attached hydrogens (tertiary/aromatic N) is 1. The molecule has 1 heterocycles. The molecule has 1 atom stereocenters. The van der Waals surface area contributed by atoms with Gasteiger partial charge < -0.3 is 5.32 Å². The van der Waals surface area contributed by atoms with Crippen LogP contribution in [0.15, 0.2) is 42.5 Å². The highest BCUT2D eigenvalue weighted by Crippen LogP contribution is 2.37. The fourth-order valence-electron chi connectivity index (χ4n) is 2.79. The third kappa shape index (κ3) is 3.53. The fraction of sp³-hybridized carbons (Fsp3) is 0.222. The van der Waals surface area contributed by atoms with Gasteiger partial charge in [0.15, 0.2) is 0 Å². The lowest BCUT2D eigenvalue weighted by Gasteiger charge is -2.19. The highest BCUT2D eigenvalue weighted by molar-refractivity contribution is 6.36. The first kappa shape index (κ1) is 18.3. The topological polar surface area (TPSA) is 49.4 Å². The number of anilines is 2. The van der Waals surface area contributed by atoms with E-state index in [1.54, 1.807) is 18.2 Å². The zero-order chi connectivity index (χ0) is 19.1. The number of hydrogen-bond acceptors (Lipinski definition) is 3. The van der Waals surface area contributed by atoms with Crippen LogP contribution in [-0.4, -0.2) is 17.9 Å². The molecule has 0 aliphatic carbocycles. The van der Waals surface area contributed by atoms with Gasteiger partial charge in [0, 0.05) is 5.69 Å². The first-order valence-corrected chi connectivity index (χ1v) is 8.11. The van der Waals surface area contributed by atoms with Gasteiger partial charge in [-0.2, -0.15) is 13.2 Å². The predicted molar refractivity (Wildman–Crippen MR) is 92.2 cm³/mol. The van der Waals surface area contributed by atoms with Gasteiger partial charge in [0.25, 0.3) is 5.91 Å². The van der Waals surface area contributed by atoms with Gasteiger partial charge in [-0.3, -0.25) is 9.59 Å². The molecule has 0 bridgehead atoms. The van der Waals surface area contributed by atoms with E-state index in [9.17, 15) is 22.8 Å². The molecule has 26 heavy (non-hydrogen) atoms. The summed E-state index contributed by atoms with van der Waals surface area (Å²) in [5.74, 6) is -1.25. The van der Waals surface area contributed by atoms with Crippen molar-refractivity contribution in [1.29, 1.82) is 0 Å². The molecule has 2 aromatic rings. The Balaban J connectivity index is 1.90. The van der Waals surface area contributed by atoms with Gasteiger partial charge >= 0.3 is 6.18 Å². The van der Waals surface area contributed by atoms with Crippen molar-refractivity contribution in [3.05, 3.63) is 58.6 Å². The van der Waals surface area contributed by atoms with E-state index in [0.717, 1.165) is 17.7 Å². The molecule has 8 heteroatoms. The third-order valence-corrected chi connectivity index (χ3v) is 4.34. The van der Waals surface area contributed by atoms with Gasteiger partial charge in [0.1, 0.15) is 6.04 Å². The number of hydrogen-bond donors (Lipinski definition) is 1. The lowest BCUT2D eigenvalue weighted by Crippen LogP contribution is -2.35. The molecule has 0 radical (unpaired) electrons. The molecule has 1 N–H and O–H groups in total. The molecule has 4 nitrogen and oxygen atoms in total.